The first kappa shape index (κ1) is 16.7. The fraction of sp³-hybridized carbons (Fsp3) is 0.833. The van der Waals surface area contributed by atoms with Crippen LogP contribution in [0.2, 0.25) is 0 Å². The van der Waals surface area contributed by atoms with Gasteiger partial charge in [0.1, 0.15) is 12.6 Å². The summed E-state index contributed by atoms with van der Waals surface area (Å²) in [6.45, 7) is 3.58. The van der Waals surface area contributed by atoms with Crippen molar-refractivity contribution in [2.75, 3.05) is 26.3 Å². The maximum absolute atomic E-state index is 12.0. The summed E-state index contributed by atoms with van der Waals surface area (Å²) in [5.74, 6) is -0.618. The van der Waals surface area contributed by atoms with Crippen LogP contribution >= 0.6 is 0 Å². The van der Waals surface area contributed by atoms with E-state index in [2.05, 4.69) is 10.1 Å². The summed E-state index contributed by atoms with van der Waals surface area (Å²) in [6.07, 6.45) is -4.40. The quantitative estimate of drug-likeness (QED) is 0.786. The molecule has 1 saturated heterocycles. The Morgan fingerprint density at radius 3 is 2.40 bits per heavy atom. The lowest BCUT2D eigenvalue weighted by Gasteiger charge is -2.41. The summed E-state index contributed by atoms with van der Waals surface area (Å²) in [5, 5.41) is 2.48. The Morgan fingerprint density at radius 1 is 1.30 bits per heavy atom. The highest BCUT2D eigenvalue weighted by Gasteiger charge is 2.41. The SMILES string of the molecule is CC(C)(C)C1C(=O)NCC(=O)N1CCOCC(F)(F)F. The van der Waals surface area contributed by atoms with E-state index in [9.17, 15) is 22.8 Å². The second kappa shape index (κ2) is 5.99. The minimum atomic E-state index is -4.40. The van der Waals surface area contributed by atoms with E-state index >= 15 is 0 Å². The van der Waals surface area contributed by atoms with Crippen molar-refractivity contribution >= 4 is 11.8 Å². The minimum absolute atomic E-state index is 0.0374. The standard InChI is InChI=1S/C12H19F3N2O3/c1-11(2,3)9-10(19)16-6-8(18)17(9)4-5-20-7-12(13,14)15/h9H,4-7H2,1-3H3,(H,16,19). The Balaban J connectivity index is 2.63. The van der Waals surface area contributed by atoms with Gasteiger partial charge in [-0.1, -0.05) is 20.8 Å². The summed E-state index contributed by atoms with van der Waals surface area (Å²) in [6, 6.07) is -0.710. The smallest absolute Gasteiger partial charge is 0.370 e. The van der Waals surface area contributed by atoms with E-state index in [-0.39, 0.29) is 31.5 Å². The number of nitrogens with zero attached hydrogens (tertiary/aromatic N) is 1. The number of hydrogen-bond donors (Lipinski definition) is 1. The van der Waals surface area contributed by atoms with E-state index in [1.807, 2.05) is 0 Å². The van der Waals surface area contributed by atoms with Crippen LogP contribution in [0.15, 0.2) is 0 Å². The van der Waals surface area contributed by atoms with Crippen molar-refractivity contribution in [1.29, 1.82) is 0 Å². The summed E-state index contributed by atoms with van der Waals surface area (Å²) in [4.78, 5) is 25.0. The van der Waals surface area contributed by atoms with E-state index in [1.165, 1.54) is 4.90 Å². The second-order valence-corrected chi connectivity index (χ2v) is 5.74. The van der Waals surface area contributed by atoms with E-state index in [0.717, 1.165) is 0 Å². The predicted octanol–water partition coefficient (Wildman–Crippen LogP) is 0.938. The van der Waals surface area contributed by atoms with Gasteiger partial charge in [-0.15, -0.1) is 0 Å². The number of amides is 2. The highest BCUT2D eigenvalue weighted by atomic mass is 19.4. The monoisotopic (exact) mass is 296 g/mol. The molecule has 8 heteroatoms. The number of alkyl halides is 3. The zero-order valence-corrected chi connectivity index (χ0v) is 11.7. The highest BCUT2D eigenvalue weighted by Crippen LogP contribution is 2.26. The predicted molar refractivity (Wildman–Crippen MR) is 64.8 cm³/mol. The topological polar surface area (TPSA) is 58.6 Å². The maximum Gasteiger partial charge on any atom is 0.411 e. The van der Waals surface area contributed by atoms with Gasteiger partial charge in [0.05, 0.1) is 13.2 Å². The first-order chi connectivity index (χ1) is 9.02. The van der Waals surface area contributed by atoms with Gasteiger partial charge in [0.15, 0.2) is 0 Å². The molecule has 5 nitrogen and oxygen atoms in total. The molecule has 0 saturated carbocycles. The van der Waals surface area contributed by atoms with Gasteiger partial charge < -0.3 is 15.0 Å². The van der Waals surface area contributed by atoms with Gasteiger partial charge >= 0.3 is 6.18 Å². The van der Waals surface area contributed by atoms with E-state index in [1.54, 1.807) is 20.8 Å². The van der Waals surface area contributed by atoms with Crippen LogP contribution in [-0.4, -0.2) is 55.2 Å². The number of ether oxygens (including phenoxy) is 1. The zero-order valence-electron chi connectivity index (χ0n) is 11.7. The molecule has 116 valence electrons. The lowest BCUT2D eigenvalue weighted by Crippen LogP contribution is -2.63. The summed E-state index contributed by atoms with van der Waals surface area (Å²) >= 11 is 0. The third-order valence-corrected chi connectivity index (χ3v) is 2.86. The van der Waals surface area contributed by atoms with Crippen LogP contribution in [0, 0.1) is 5.41 Å². The Hall–Kier alpha value is -1.31. The van der Waals surface area contributed by atoms with Gasteiger partial charge in [0.2, 0.25) is 11.8 Å². The molecule has 0 aliphatic carbocycles. The molecule has 0 aromatic heterocycles. The Labute approximate surface area is 115 Å². The molecule has 0 aromatic rings. The van der Waals surface area contributed by atoms with E-state index < -0.39 is 24.2 Å². The molecule has 20 heavy (non-hydrogen) atoms. The lowest BCUT2D eigenvalue weighted by atomic mass is 9.84. The number of hydrogen-bond acceptors (Lipinski definition) is 3. The molecule has 1 fully saturated rings. The number of carbonyl (C=O) groups excluding carboxylic acids is 2. The number of rotatable bonds is 4. The van der Waals surface area contributed by atoms with Crippen molar-refractivity contribution in [1.82, 2.24) is 10.2 Å². The molecule has 1 aliphatic rings. The summed E-state index contributed by atoms with van der Waals surface area (Å²) < 4.78 is 40.4. The van der Waals surface area contributed by atoms with Crippen LogP contribution < -0.4 is 5.32 Å². The third kappa shape index (κ3) is 4.66. The van der Waals surface area contributed by atoms with Crippen LogP contribution in [0.25, 0.3) is 0 Å². The zero-order chi connectivity index (χ0) is 15.6. The molecule has 0 bridgehead atoms. The molecule has 0 radical (unpaired) electrons. The largest absolute Gasteiger partial charge is 0.411 e. The molecular formula is C12H19F3N2O3. The first-order valence-corrected chi connectivity index (χ1v) is 6.24. The van der Waals surface area contributed by atoms with Crippen molar-refractivity contribution in [2.45, 2.75) is 33.0 Å². The van der Waals surface area contributed by atoms with Crippen molar-refractivity contribution in [3.8, 4) is 0 Å². The van der Waals surface area contributed by atoms with Gasteiger partial charge in [-0.3, -0.25) is 9.59 Å². The number of carbonyl (C=O) groups is 2. The van der Waals surface area contributed by atoms with E-state index in [4.69, 9.17) is 0 Å². The van der Waals surface area contributed by atoms with Crippen molar-refractivity contribution in [2.24, 2.45) is 5.41 Å². The Kier molecular flexibility index (Phi) is 5.01. The molecule has 1 heterocycles. The first-order valence-electron chi connectivity index (χ1n) is 6.24. The minimum Gasteiger partial charge on any atom is -0.370 e. The third-order valence-electron chi connectivity index (χ3n) is 2.86. The highest BCUT2D eigenvalue weighted by molar-refractivity contribution is 5.95. The molecule has 0 aromatic carbocycles. The molecule has 0 spiro atoms. The summed E-state index contributed by atoms with van der Waals surface area (Å²) in [5.41, 5.74) is -0.510. The molecule has 2 amide bonds. The molecule has 1 unspecified atom stereocenters. The fourth-order valence-corrected chi connectivity index (χ4v) is 2.11. The molecule has 1 rings (SSSR count). The lowest BCUT2D eigenvalue weighted by molar-refractivity contribution is -0.176. The molecule has 1 aliphatic heterocycles. The van der Waals surface area contributed by atoms with Crippen molar-refractivity contribution < 1.29 is 27.5 Å². The number of piperazine rings is 1. The van der Waals surface area contributed by atoms with Crippen molar-refractivity contribution in [3.05, 3.63) is 0 Å². The fourth-order valence-electron chi connectivity index (χ4n) is 2.11. The van der Waals surface area contributed by atoms with Crippen LogP contribution in [0.3, 0.4) is 0 Å². The Morgan fingerprint density at radius 2 is 1.90 bits per heavy atom. The normalized spacial score (nSPS) is 21.1. The van der Waals surface area contributed by atoms with E-state index in [0.29, 0.717) is 0 Å². The average Bonchev–Trinajstić information content (AvgIpc) is 2.25. The molecule has 1 atom stereocenters. The van der Waals surface area contributed by atoms with Crippen LogP contribution in [0.1, 0.15) is 20.8 Å². The van der Waals surface area contributed by atoms with Gasteiger partial charge in [-0.25, -0.2) is 0 Å². The van der Waals surface area contributed by atoms with Gasteiger partial charge in [0, 0.05) is 6.54 Å². The van der Waals surface area contributed by atoms with Gasteiger partial charge in [-0.05, 0) is 5.41 Å². The summed E-state index contributed by atoms with van der Waals surface area (Å²) in [7, 11) is 0. The van der Waals surface area contributed by atoms with Crippen molar-refractivity contribution in [3.63, 3.8) is 0 Å². The van der Waals surface area contributed by atoms with Crippen LogP contribution in [0.5, 0.6) is 0 Å². The number of nitrogens with one attached hydrogen (secondary N) is 1. The molecular weight excluding hydrogens is 277 g/mol. The van der Waals surface area contributed by atoms with Crippen LogP contribution in [-0.2, 0) is 14.3 Å². The second-order valence-electron chi connectivity index (χ2n) is 5.74. The molecule has 1 N–H and O–H groups in total. The maximum atomic E-state index is 12.0. The van der Waals surface area contributed by atoms with Gasteiger partial charge in [-0.2, -0.15) is 13.2 Å². The Bertz CT molecular complexity index is 377. The van der Waals surface area contributed by atoms with Crippen LogP contribution in [0.4, 0.5) is 13.2 Å². The number of halogens is 3. The van der Waals surface area contributed by atoms with Gasteiger partial charge in [0.25, 0.3) is 0 Å². The average molecular weight is 296 g/mol.